The predicted octanol–water partition coefficient (Wildman–Crippen LogP) is 9.39. The summed E-state index contributed by atoms with van der Waals surface area (Å²) in [6, 6.07) is 44.7. The summed E-state index contributed by atoms with van der Waals surface area (Å²) in [4.78, 5) is 81.4. The number of nitrogens with two attached hydrogens (primary N) is 2. The maximum absolute atomic E-state index is 12.9. The van der Waals surface area contributed by atoms with Crippen LogP contribution in [0.4, 0.5) is 5.69 Å². The van der Waals surface area contributed by atoms with Crippen molar-refractivity contribution >= 4 is 36.2 Å². The van der Waals surface area contributed by atoms with Crippen molar-refractivity contribution in [3.05, 3.63) is 270 Å². The Morgan fingerprint density at radius 1 is 0.549 bits per heavy atom. The Hall–Kier alpha value is -10.7. The summed E-state index contributed by atoms with van der Waals surface area (Å²) in [7, 11) is 0. The highest BCUT2D eigenvalue weighted by Crippen LogP contribution is 2.21. The summed E-state index contributed by atoms with van der Waals surface area (Å²) in [5.41, 5.74) is 24.6. The molecule has 0 spiro atoms. The van der Waals surface area contributed by atoms with E-state index in [4.69, 9.17) is 16.5 Å². The number of amides is 2. The van der Waals surface area contributed by atoms with Gasteiger partial charge in [-0.1, -0.05) is 86.0 Å². The number of hydrogen-bond donors (Lipinski definition) is 4. The molecule has 0 unspecified atom stereocenters. The van der Waals surface area contributed by atoms with Crippen LogP contribution in [0.15, 0.2) is 208 Å². The number of pyridine rings is 2. The second-order valence-corrected chi connectivity index (χ2v) is 18.1. The van der Waals surface area contributed by atoms with Gasteiger partial charge in [0.15, 0.2) is 5.78 Å². The summed E-state index contributed by atoms with van der Waals surface area (Å²) in [6.07, 6.45) is 14.6. The van der Waals surface area contributed by atoms with Gasteiger partial charge in [0.1, 0.15) is 23.1 Å². The molecule has 9 aromatic rings. The van der Waals surface area contributed by atoms with Gasteiger partial charge in [-0.2, -0.15) is 0 Å². The first kappa shape index (κ1) is 60.6. The number of ketones is 1. The van der Waals surface area contributed by atoms with E-state index >= 15 is 0 Å². The molecule has 4 heterocycles. The van der Waals surface area contributed by atoms with Crippen molar-refractivity contribution in [3.63, 3.8) is 0 Å². The van der Waals surface area contributed by atoms with Crippen LogP contribution in [0.5, 0.6) is 11.5 Å². The van der Waals surface area contributed by atoms with Crippen molar-refractivity contribution in [1.82, 2.24) is 40.5 Å². The van der Waals surface area contributed by atoms with Crippen molar-refractivity contribution in [3.8, 4) is 34.0 Å². The minimum Gasteiger partial charge on any atom is -0.429 e. The standard InChI is InChI=1S/C29H26N4O2.C17H16N4.C11H11NO3.C8H9NO2/c1-3-29(35)32-18-21-8-10-23(11-9-21)27(34)16-22-7-6-20(2)25(15-22)17-28-31-14-12-26(33-28)24-5-4-13-30-19-24;1-12-4-5-15(18)9-14(12)10-17-20-8-6-16(21-17)13-3-2-7-19-11-13;1-2-11(14)12-7-9-3-5-10(6-4-9)15-8-13;9-5-7-1-3-8(4-2-7)11-6-10/h3-15,19H,1,16-18H2,2H3,(H,32,35);2-9,11H,10,18H2,1H3;2-6,8H,1,7H2,(H,12,14);1-4,6H,5,9H2. The van der Waals surface area contributed by atoms with E-state index in [0.717, 1.165) is 78.8 Å². The van der Waals surface area contributed by atoms with Gasteiger partial charge in [-0.3, -0.25) is 33.9 Å². The highest BCUT2D eigenvalue weighted by Gasteiger charge is 2.12. The van der Waals surface area contributed by atoms with Crippen LogP contribution < -0.4 is 31.6 Å². The third-order valence-electron chi connectivity index (χ3n) is 12.2. The molecule has 0 atom stereocenters. The molecule has 0 radical (unpaired) electrons. The van der Waals surface area contributed by atoms with E-state index in [0.29, 0.717) is 68.9 Å². The highest BCUT2D eigenvalue weighted by atomic mass is 16.5. The molecule has 5 aromatic carbocycles. The number of carbonyl (C=O) groups excluding carboxylic acids is 5. The first-order valence-electron chi connectivity index (χ1n) is 25.8. The number of carbonyl (C=O) groups is 5. The summed E-state index contributed by atoms with van der Waals surface area (Å²) >= 11 is 0. The van der Waals surface area contributed by atoms with Gasteiger partial charge >= 0.3 is 0 Å². The van der Waals surface area contributed by atoms with Gasteiger partial charge in [-0.25, -0.2) is 19.9 Å². The Morgan fingerprint density at radius 3 is 1.45 bits per heavy atom. The molecule has 0 aliphatic carbocycles. The van der Waals surface area contributed by atoms with Crippen molar-refractivity contribution in [2.24, 2.45) is 5.73 Å². The van der Waals surface area contributed by atoms with Crippen LogP contribution in [0.25, 0.3) is 22.5 Å². The molecule has 4 aromatic heterocycles. The lowest BCUT2D eigenvalue weighted by molar-refractivity contribution is -0.121. The van der Waals surface area contributed by atoms with Gasteiger partial charge < -0.3 is 31.6 Å². The number of aromatic nitrogens is 6. The monoisotopic (exact) mass is 1090 g/mol. The third-order valence-corrected chi connectivity index (χ3v) is 12.2. The molecular formula is C65H62N10O7. The van der Waals surface area contributed by atoms with Gasteiger partial charge in [-0.15, -0.1) is 0 Å². The predicted molar refractivity (Wildman–Crippen MR) is 316 cm³/mol. The molecule has 82 heavy (non-hydrogen) atoms. The number of nitrogens with zero attached hydrogens (tertiary/aromatic N) is 6. The molecule has 6 N–H and O–H groups in total. The van der Waals surface area contributed by atoms with Crippen molar-refractivity contribution < 1.29 is 33.4 Å². The van der Waals surface area contributed by atoms with Gasteiger partial charge in [0.25, 0.3) is 12.9 Å². The average Bonchev–Trinajstić information content (AvgIpc) is 3.51. The van der Waals surface area contributed by atoms with Gasteiger partial charge in [0, 0.05) is 98.5 Å². The molecule has 0 aliphatic rings. The number of Topliss-reactive ketones (excluding diaryl/α,β-unsaturated/α-hetero) is 1. The molecule has 9 rings (SSSR count). The largest absolute Gasteiger partial charge is 0.429 e. The van der Waals surface area contributed by atoms with E-state index in [9.17, 15) is 24.0 Å². The molecule has 0 fully saturated rings. The Balaban J connectivity index is 0.000000194. The van der Waals surface area contributed by atoms with E-state index in [1.54, 1.807) is 85.7 Å². The summed E-state index contributed by atoms with van der Waals surface area (Å²) in [5, 5.41) is 5.36. The lowest BCUT2D eigenvalue weighted by atomic mass is 9.97. The van der Waals surface area contributed by atoms with E-state index in [2.05, 4.69) is 78.1 Å². The summed E-state index contributed by atoms with van der Waals surface area (Å²) in [6.45, 7) is 13.0. The van der Waals surface area contributed by atoms with Crippen LogP contribution in [0.3, 0.4) is 0 Å². The van der Waals surface area contributed by atoms with E-state index in [1.807, 2.05) is 91.0 Å². The zero-order valence-corrected chi connectivity index (χ0v) is 45.5. The second-order valence-electron chi connectivity index (χ2n) is 18.1. The van der Waals surface area contributed by atoms with Gasteiger partial charge in [0.05, 0.1) is 11.4 Å². The number of aryl methyl sites for hydroxylation is 2. The number of nitrogens with one attached hydrogen (secondary N) is 2. The van der Waals surface area contributed by atoms with Gasteiger partial charge in [0.2, 0.25) is 11.8 Å². The first-order chi connectivity index (χ1) is 39.9. The Kier molecular flexibility index (Phi) is 23.9. The van der Waals surface area contributed by atoms with E-state index in [1.165, 1.54) is 17.7 Å². The molecule has 0 bridgehead atoms. The minimum absolute atomic E-state index is 0.0382. The van der Waals surface area contributed by atoms with Gasteiger partial charge in [-0.05, 0) is 143 Å². The minimum atomic E-state index is -0.227. The van der Waals surface area contributed by atoms with Crippen LogP contribution in [-0.2, 0) is 58.1 Å². The molecular weight excluding hydrogens is 1030 g/mol. The van der Waals surface area contributed by atoms with Crippen LogP contribution in [0, 0.1) is 13.8 Å². The Bertz CT molecular complexity index is 3550. The molecule has 2 amide bonds. The quantitative estimate of drug-likeness (QED) is 0.0240. The maximum Gasteiger partial charge on any atom is 0.298 e. The van der Waals surface area contributed by atoms with Crippen molar-refractivity contribution in [1.29, 1.82) is 0 Å². The second kappa shape index (κ2) is 32.3. The lowest BCUT2D eigenvalue weighted by Crippen LogP contribution is -2.19. The fourth-order valence-corrected chi connectivity index (χ4v) is 7.69. The summed E-state index contributed by atoms with van der Waals surface area (Å²) in [5.74, 6) is 2.11. The molecule has 17 heteroatoms. The Morgan fingerprint density at radius 2 is 1.00 bits per heavy atom. The van der Waals surface area contributed by atoms with E-state index in [-0.39, 0.29) is 17.6 Å². The highest BCUT2D eigenvalue weighted by molar-refractivity contribution is 5.97. The van der Waals surface area contributed by atoms with Crippen LogP contribution >= 0.6 is 0 Å². The normalized spacial score (nSPS) is 10.1. The maximum atomic E-state index is 12.9. The number of ether oxygens (including phenoxy) is 2. The number of benzene rings is 5. The molecule has 0 saturated heterocycles. The SMILES string of the molecule is C=CC(=O)NCc1ccc(C(=O)Cc2ccc(C)c(Cc3nccc(-c4cccnc4)n3)c2)cc1.C=CC(=O)NCc1ccc(OC=O)cc1.Cc1ccc(N)cc1Cc1nccc(-c2cccnc2)n1.NCc1ccc(OC=O)cc1. The zero-order chi connectivity index (χ0) is 58.5. The van der Waals surface area contributed by atoms with E-state index < -0.39 is 0 Å². The molecule has 17 nitrogen and oxygen atoms in total. The van der Waals surface area contributed by atoms with Crippen LogP contribution in [0.2, 0.25) is 0 Å². The number of hydrogen-bond acceptors (Lipinski definition) is 15. The Labute approximate surface area is 476 Å². The zero-order valence-electron chi connectivity index (χ0n) is 45.5. The number of nitrogen functional groups attached to an aromatic ring is 1. The van der Waals surface area contributed by atoms with Crippen molar-refractivity contribution in [2.45, 2.75) is 52.7 Å². The smallest absolute Gasteiger partial charge is 0.298 e. The first-order valence-corrected chi connectivity index (χ1v) is 25.8. The molecule has 0 saturated carbocycles. The fourth-order valence-electron chi connectivity index (χ4n) is 7.69. The third kappa shape index (κ3) is 20.0. The average molecular weight is 1100 g/mol. The number of rotatable bonds is 20. The summed E-state index contributed by atoms with van der Waals surface area (Å²) < 4.78 is 9.21. The fraction of sp³-hybridized carbons (Fsp3) is 0.123. The van der Waals surface area contributed by atoms with Crippen molar-refractivity contribution in [2.75, 3.05) is 5.73 Å². The lowest BCUT2D eigenvalue weighted by Gasteiger charge is -2.10. The van der Waals surface area contributed by atoms with Crippen LogP contribution in [0.1, 0.15) is 66.5 Å². The van der Waals surface area contributed by atoms with Crippen LogP contribution in [-0.4, -0.2) is 60.4 Å². The molecule has 0 aliphatic heterocycles. The number of anilines is 1. The molecule has 414 valence electrons. The topological polar surface area (TPSA) is 257 Å².